The molecule has 3 nitrogen and oxygen atoms in total. The van der Waals surface area contributed by atoms with E-state index >= 15 is 0 Å². The molecule has 0 saturated heterocycles. The highest BCUT2D eigenvalue weighted by Crippen LogP contribution is 1.86. The summed E-state index contributed by atoms with van der Waals surface area (Å²) in [6, 6.07) is 0. The summed E-state index contributed by atoms with van der Waals surface area (Å²) in [6.07, 6.45) is 6.89. The van der Waals surface area contributed by atoms with Crippen molar-refractivity contribution in [2.75, 3.05) is 0 Å². The van der Waals surface area contributed by atoms with Gasteiger partial charge in [0.25, 0.3) is 0 Å². The third kappa shape index (κ3) is 3.12. The summed E-state index contributed by atoms with van der Waals surface area (Å²) in [4.78, 5) is 10.5. The molecule has 2 aromatic rings. The Morgan fingerprint density at radius 1 is 1.50 bits per heavy atom. The van der Waals surface area contributed by atoms with Gasteiger partial charge in [-0.1, -0.05) is 6.58 Å². The lowest BCUT2D eigenvalue weighted by molar-refractivity contribution is 1.27. The number of hydrogen-bond acceptors (Lipinski definition) is 3. The van der Waals surface area contributed by atoms with Gasteiger partial charge < -0.3 is 4.98 Å². The SMILES string of the molecule is C=Cc1ncc[nH]1.c1cscn1. The van der Waals surface area contributed by atoms with Gasteiger partial charge in [-0.25, -0.2) is 4.98 Å². The molecule has 2 rings (SSSR count). The van der Waals surface area contributed by atoms with E-state index in [2.05, 4.69) is 21.5 Å². The predicted molar refractivity (Wildman–Crippen MR) is 50.8 cm³/mol. The maximum absolute atomic E-state index is 3.86. The molecule has 2 aromatic heterocycles. The molecule has 0 spiro atoms. The maximum Gasteiger partial charge on any atom is 0.129 e. The van der Waals surface area contributed by atoms with Gasteiger partial charge in [-0.05, 0) is 6.08 Å². The van der Waals surface area contributed by atoms with E-state index in [1.54, 1.807) is 41.5 Å². The molecule has 0 saturated carbocycles. The van der Waals surface area contributed by atoms with Crippen molar-refractivity contribution in [1.29, 1.82) is 0 Å². The number of H-pyrrole nitrogens is 1. The molecule has 0 bridgehead atoms. The van der Waals surface area contributed by atoms with Crippen LogP contribution >= 0.6 is 11.3 Å². The lowest BCUT2D eigenvalue weighted by Crippen LogP contribution is -1.67. The van der Waals surface area contributed by atoms with Crippen molar-refractivity contribution in [2.45, 2.75) is 0 Å². The van der Waals surface area contributed by atoms with Gasteiger partial charge >= 0.3 is 0 Å². The van der Waals surface area contributed by atoms with Gasteiger partial charge in [0.15, 0.2) is 0 Å². The van der Waals surface area contributed by atoms with Crippen LogP contribution in [0.1, 0.15) is 5.82 Å². The summed E-state index contributed by atoms with van der Waals surface area (Å²) in [7, 11) is 0. The van der Waals surface area contributed by atoms with Gasteiger partial charge in [0.2, 0.25) is 0 Å². The second kappa shape index (κ2) is 5.26. The highest BCUT2D eigenvalue weighted by Gasteiger charge is 1.78. The van der Waals surface area contributed by atoms with Crippen LogP contribution in [0.15, 0.2) is 36.1 Å². The Kier molecular flexibility index (Phi) is 3.80. The molecule has 1 N–H and O–H groups in total. The van der Waals surface area contributed by atoms with Crippen molar-refractivity contribution >= 4 is 17.4 Å². The normalized spacial score (nSPS) is 8.33. The summed E-state index contributed by atoms with van der Waals surface area (Å²) in [5.74, 6) is 0.819. The van der Waals surface area contributed by atoms with E-state index in [1.165, 1.54) is 0 Å². The molecule has 4 heteroatoms. The maximum atomic E-state index is 3.86. The number of rotatable bonds is 1. The van der Waals surface area contributed by atoms with E-state index in [1.807, 2.05) is 5.38 Å². The third-order valence-corrected chi connectivity index (χ3v) is 1.58. The van der Waals surface area contributed by atoms with Gasteiger partial charge in [-0.15, -0.1) is 11.3 Å². The van der Waals surface area contributed by atoms with Crippen LogP contribution in [0.3, 0.4) is 0 Å². The van der Waals surface area contributed by atoms with Crippen LogP contribution in [0.2, 0.25) is 0 Å². The molecule has 0 unspecified atom stereocenters. The zero-order chi connectivity index (χ0) is 8.65. The molecule has 12 heavy (non-hydrogen) atoms. The van der Waals surface area contributed by atoms with Gasteiger partial charge in [-0.2, -0.15) is 0 Å². The number of imidazole rings is 1. The summed E-state index contributed by atoms with van der Waals surface area (Å²) in [5.41, 5.74) is 1.79. The number of thiazole rings is 1. The summed E-state index contributed by atoms with van der Waals surface area (Å²) in [5, 5.41) is 1.93. The smallest absolute Gasteiger partial charge is 0.129 e. The number of hydrogen-bond donors (Lipinski definition) is 1. The molecule has 62 valence electrons. The minimum atomic E-state index is 0.819. The Morgan fingerprint density at radius 3 is 2.67 bits per heavy atom. The van der Waals surface area contributed by atoms with Gasteiger partial charge in [0.1, 0.15) is 5.82 Å². The largest absolute Gasteiger partial charge is 0.345 e. The zero-order valence-electron chi connectivity index (χ0n) is 6.47. The lowest BCUT2D eigenvalue weighted by atomic mass is 10.6. The average Bonchev–Trinajstić information content (AvgIpc) is 2.81. The first-order valence-electron chi connectivity index (χ1n) is 3.37. The van der Waals surface area contributed by atoms with Crippen molar-refractivity contribution in [1.82, 2.24) is 15.0 Å². The first-order valence-corrected chi connectivity index (χ1v) is 4.31. The fourth-order valence-electron chi connectivity index (χ4n) is 0.565. The van der Waals surface area contributed by atoms with Crippen LogP contribution in [-0.2, 0) is 0 Å². The lowest BCUT2D eigenvalue weighted by Gasteiger charge is -1.73. The fraction of sp³-hybridized carbons (Fsp3) is 0. The Labute approximate surface area is 74.8 Å². The van der Waals surface area contributed by atoms with Crippen LogP contribution in [0, 0.1) is 0 Å². The van der Waals surface area contributed by atoms with Gasteiger partial charge in [0, 0.05) is 24.0 Å². The molecular formula is C8H9N3S. The van der Waals surface area contributed by atoms with E-state index in [-0.39, 0.29) is 0 Å². The Balaban J connectivity index is 0.000000127. The van der Waals surface area contributed by atoms with Crippen molar-refractivity contribution < 1.29 is 0 Å². The van der Waals surface area contributed by atoms with Crippen molar-refractivity contribution in [2.24, 2.45) is 0 Å². The molecule has 0 atom stereocenters. The standard InChI is InChI=1S/C5H6N2.C3H3NS/c1-2-5-6-3-4-7-5;1-2-5-3-4-1/h2-4H,1H2,(H,6,7);1-3H. The predicted octanol–water partition coefficient (Wildman–Crippen LogP) is 2.20. The van der Waals surface area contributed by atoms with Crippen LogP contribution < -0.4 is 0 Å². The van der Waals surface area contributed by atoms with Gasteiger partial charge in [0.05, 0.1) is 5.51 Å². The minimum Gasteiger partial charge on any atom is -0.345 e. The fourth-order valence-corrected chi connectivity index (χ4v) is 0.916. The molecule has 0 radical (unpaired) electrons. The third-order valence-electron chi connectivity index (χ3n) is 1.06. The van der Waals surface area contributed by atoms with E-state index in [0.717, 1.165) is 5.82 Å². The van der Waals surface area contributed by atoms with Crippen LogP contribution in [0.5, 0.6) is 0 Å². The number of aromatic amines is 1. The second-order valence-corrected chi connectivity index (χ2v) is 2.61. The molecule has 0 aliphatic heterocycles. The monoisotopic (exact) mass is 179 g/mol. The molecule has 0 amide bonds. The highest BCUT2D eigenvalue weighted by atomic mass is 32.1. The number of aromatic nitrogens is 3. The van der Waals surface area contributed by atoms with Crippen LogP contribution in [-0.4, -0.2) is 15.0 Å². The van der Waals surface area contributed by atoms with E-state index < -0.39 is 0 Å². The molecule has 0 aliphatic rings. The topological polar surface area (TPSA) is 41.6 Å². The Bertz CT molecular complexity index is 269. The first-order chi connectivity index (χ1) is 5.93. The Hall–Kier alpha value is -1.42. The van der Waals surface area contributed by atoms with Gasteiger partial charge in [-0.3, -0.25) is 4.98 Å². The van der Waals surface area contributed by atoms with Crippen LogP contribution in [0.4, 0.5) is 0 Å². The van der Waals surface area contributed by atoms with Crippen molar-refractivity contribution in [3.05, 3.63) is 41.9 Å². The summed E-state index contributed by atoms with van der Waals surface area (Å²) < 4.78 is 0. The zero-order valence-corrected chi connectivity index (χ0v) is 7.29. The number of nitrogens with zero attached hydrogens (tertiary/aromatic N) is 2. The molecule has 0 aromatic carbocycles. The second-order valence-electron chi connectivity index (χ2n) is 1.85. The molecule has 2 heterocycles. The van der Waals surface area contributed by atoms with Crippen molar-refractivity contribution in [3.63, 3.8) is 0 Å². The van der Waals surface area contributed by atoms with E-state index in [9.17, 15) is 0 Å². The summed E-state index contributed by atoms with van der Waals surface area (Å²) in [6.45, 7) is 3.51. The van der Waals surface area contributed by atoms with E-state index in [4.69, 9.17) is 0 Å². The Morgan fingerprint density at radius 2 is 2.42 bits per heavy atom. The highest BCUT2D eigenvalue weighted by molar-refractivity contribution is 7.07. The quantitative estimate of drug-likeness (QED) is 0.729. The minimum absolute atomic E-state index is 0.819. The molecule has 0 fully saturated rings. The average molecular weight is 179 g/mol. The van der Waals surface area contributed by atoms with Crippen LogP contribution in [0.25, 0.3) is 6.08 Å². The molecule has 0 aliphatic carbocycles. The summed E-state index contributed by atoms with van der Waals surface area (Å²) >= 11 is 1.60. The number of nitrogens with one attached hydrogen (secondary N) is 1. The van der Waals surface area contributed by atoms with Crippen molar-refractivity contribution in [3.8, 4) is 0 Å². The molecular weight excluding hydrogens is 170 g/mol. The van der Waals surface area contributed by atoms with E-state index in [0.29, 0.717) is 0 Å². The first kappa shape index (κ1) is 8.67.